The van der Waals surface area contributed by atoms with Crippen molar-refractivity contribution in [1.82, 2.24) is 0 Å². The Morgan fingerprint density at radius 3 is 2.72 bits per heavy atom. The number of hydrogen-bond donors (Lipinski definition) is 2. The number of rotatable bonds is 3. The zero-order valence-corrected chi connectivity index (χ0v) is 10.8. The standard InChI is InChI=1S/C13H16ClFN2O/c14-9-3-4-11(10(15)7-9)17-12(18)8-13(16)5-1-2-6-13/h3-4,7H,1-2,5-6,8,16H2,(H,17,18). The van der Waals surface area contributed by atoms with Crippen molar-refractivity contribution in [2.75, 3.05) is 5.32 Å². The van der Waals surface area contributed by atoms with Crippen LogP contribution in [-0.2, 0) is 4.79 Å². The molecule has 1 saturated carbocycles. The third-order valence-corrected chi connectivity index (χ3v) is 3.55. The van der Waals surface area contributed by atoms with Crippen LogP contribution in [0.4, 0.5) is 10.1 Å². The maximum Gasteiger partial charge on any atom is 0.226 e. The van der Waals surface area contributed by atoms with E-state index >= 15 is 0 Å². The zero-order chi connectivity index (χ0) is 13.2. The largest absolute Gasteiger partial charge is 0.325 e. The maximum atomic E-state index is 13.5. The molecular weight excluding hydrogens is 255 g/mol. The second kappa shape index (κ2) is 5.24. The van der Waals surface area contributed by atoms with Crippen molar-refractivity contribution >= 4 is 23.2 Å². The summed E-state index contributed by atoms with van der Waals surface area (Å²) < 4.78 is 13.5. The first-order valence-electron chi connectivity index (χ1n) is 6.02. The van der Waals surface area contributed by atoms with Crippen LogP contribution in [0, 0.1) is 5.82 Å². The van der Waals surface area contributed by atoms with Gasteiger partial charge in [-0.2, -0.15) is 0 Å². The van der Waals surface area contributed by atoms with Crippen LogP contribution in [0.2, 0.25) is 5.02 Å². The average Bonchev–Trinajstić information content (AvgIpc) is 2.69. The minimum Gasteiger partial charge on any atom is -0.325 e. The Labute approximate surface area is 111 Å². The summed E-state index contributed by atoms with van der Waals surface area (Å²) in [6, 6.07) is 4.16. The third-order valence-electron chi connectivity index (χ3n) is 3.32. The summed E-state index contributed by atoms with van der Waals surface area (Å²) >= 11 is 5.64. The van der Waals surface area contributed by atoms with Crippen LogP contribution < -0.4 is 11.1 Å². The number of anilines is 1. The summed E-state index contributed by atoms with van der Waals surface area (Å²) in [5, 5.41) is 2.84. The molecule has 0 bridgehead atoms. The quantitative estimate of drug-likeness (QED) is 0.887. The number of carbonyl (C=O) groups is 1. The van der Waals surface area contributed by atoms with Gasteiger partial charge in [0.05, 0.1) is 5.69 Å². The van der Waals surface area contributed by atoms with E-state index in [0.717, 1.165) is 25.7 Å². The minimum absolute atomic E-state index is 0.144. The van der Waals surface area contributed by atoms with Crippen LogP contribution in [0.3, 0.4) is 0 Å². The fraction of sp³-hybridized carbons (Fsp3) is 0.462. The van der Waals surface area contributed by atoms with Gasteiger partial charge in [-0.1, -0.05) is 24.4 Å². The van der Waals surface area contributed by atoms with Gasteiger partial charge in [-0.05, 0) is 31.0 Å². The molecule has 1 aliphatic carbocycles. The molecule has 1 aromatic carbocycles. The molecule has 2 rings (SSSR count). The van der Waals surface area contributed by atoms with Crippen molar-refractivity contribution < 1.29 is 9.18 Å². The van der Waals surface area contributed by atoms with Gasteiger partial charge in [-0.3, -0.25) is 4.79 Å². The number of halogens is 2. The molecular formula is C13H16ClFN2O. The number of carbonyl (C=O) groups excluding carboxylic acids is 1. The minimum atomic E-state index is -0.534. The number of benzene rings is 1. The topological polar surface area (TPSA) is 55.1 Å². The monoisotopic (exact) mass is 270 g/mol. The molecule has 0 radical (unpaired) electrons. The summed E-state index contributed by atoms with van der Waals surface area (Å²) in [6.45, 7) is 0. The molecule has 1 aromatic rings. The summed E-state index contributed by atoms with van der Waals surface area (Å²) in [6.07, 6.45) is 4.04. The highest BCUT2D eigenvalue weighted by Gasteiger charge is 2.31. The highest BCUT2D eigenvalue weighted by molar-refractivity contribution is 6.30. The van der Waals surface area contributed by atoms with E-state index in [9.17, 15) is 9.18 Å². The van der Waals surface area contributed by atoms with E-state index in [2.05, 4.69) is 5.32 Å². The molecule has 0 aliphatic heterocycles. The number of amides is 1. The lowest BCUT2D eigenvalue weighted by Crippen LogP contribution is -2.40. The second-order valence-electron chi connectivity index (χ2n) is 4.92. The molecule has 0 unspecified atom stereocenters. The Hall–Kier alpha value is -1.13. The molecule has 5 heteroatoms. The summed E-state index contributed by atoms with van der Waals surface area (Å²) in [5.74, 6) is -0.783. The molecule has 18 heavy (non-hydrogen) atoms. The number of hydrogen-bond acceptors (Lipinski definition) is 2. The fourth-order valence-electron chi connectivity index (χ4n) is 2.36. The zero-order valence-electron chi connectivity index (χ0n) is 10.0. The predicted octanol–water partition coefficient (Wildman–Crippen LogP) is 3.08. The van der Waals surface area contributed by atoms with Crippen molar-refractivity contribution in [1.29, 1.82) is 0 Å². The lowest BCUT2D eigenvalue weighted by molar-refractivity contribution is -0.117. The van der Waals surface area contributed by atoms with Gasteiger partial charge in [-0.15, -0.1) is 0 Å². The fourth-order valence-corrected chi connectivity index (χ4v) is 2.52. The highest BCUT2D eigenvalue weighted by Crippen LogP contribution is 2.30. The van der Waals surface area contributed by atoms with Gasteiger partial charge in [0.1, 0.15) is 5.82 Å². The Morgan fingerprint density at radius 2 is 2.11 bits per heavy atom. The van der Waals surface area contributed by atoms with E-state index in [-0.39, 0.29) is 18.0 Å². The van der Waals surface area contributed by atoms with Crippen LogP contribution in [0.5, 0.6) is 0 Å². The molecule has 1 aliphatic rings. The van der Waals surface area contributed by atoms with Crippen molar-refractivity contribution in [2.24, 2.45) is 5.73 Å². The van der Waals surface area contributed by atoms with E-state index in [0.29, 0.717) is 5.02 Å². The number of nitrogens with two attached hydrogens (primary N) is 1. The number of nitrogens with one attached hydrogen (secondary N) is 1. The van der Waals surface area contributed by atoms with Crippen molar-refractivity contribution in [3.63, 3.8) is 0 Å². The second-order valence-corrected chi connectivity index (χ2v) is 5.36. The van der Waals surface area contributed by atoms with Crippen molar-refractivity contribution in [3.05, 3.63) is 29.0 Å². The SMILES string of the molecule is NC1(CC(=O)Nc2ccc(Cl)cc2F)CCCC1. The third kappa shape index (κ3) is 3.21. The molecule has 1 amide bonds. The predicted molar refractivity (Wildman–Crippen MR) is 70.0 cm³/mol. The molecule has 0 spiro atoms. The van der Waals surface area contributed by atoms with Crippen LogP contribution in [-0.4, -0.2) is 11.4 Å². The van der Waals surface area contributed by atoms with Crippen molar-refractivity contribution in [2.45, 2.75) is 37.6 Å². The lowest BCUT2D eigenvalue weighted by atomic mass is 9.94. The molecule has 0 heterocycles. The van der Waals surface area contributed by atoms with Gasteiger partial charge in [-0.25, -0.2) is 4.39 Å². The smallest absolute Gasteiger partial charge is 0.226 e. The Morgan fingerprint density at radius 1 is 1.44 bits per heavy atom. The van der Waals surface area contributed by atoms with Crippen LogP contribution in [0.1, 0.15) is 32.1 Å². The molecule has 0 atom stereocenters. The first kappa shape index (κ1) is 13.3. The van der Waals surface area contributed by atoms with Gasteiger partial charge >= 0.3 is 0 Å². The molecule has 98 valence electrons. The highest BCUT2D eigenvalue weighted by atomic mass is 35.5. The van der Waals surface area contributed by atoms with Crippen molar-refractivity contribution in [3.8, 4) is 0 Å². The first-order chi connectivity index (χ1) is 8.48. The Kier molecular flexibility index (Phi) is 3.88. The average molecular weight is 271 g/mol. The molecule has 1 fully saturated rings. The Balaban J connectivity index is 1.98. The van der Waals surface area contributed by atoms with E-state index < -0.39 is 11.4 Å². The van der Waals surface area contributed by atoms with E-state index in [1.165, 1.54) is 18.2 Å². The molecule has 0 saturated heterocycles. The van der Waals surface area contributed by atoms with Gasteiger partial charge in [0, 0.05) is 17.0 Å². The summed E-state index contributed by atoms with van der Waals surface area (Å²) in [5.41, 5.74) is 5.82. The van der Waals surface area contributed by atoms with E-state index in [4.69, 9.17) is 17.3 Å². The molecule has 0 aromatic heterocycles. The van der Waals surface area contributed by atoms with E-state index in [1.54, 1.807) is 0 Å². The van der Waals surface area contributed by atoms with Gasteiger partial charge in [0.2, 0.25) is 5.91 Å². The molecule has 3 N–H and O–H groups in total. The summed E-state index contributed by atoms with van der Waals surface area (Å²) in [7, 11) is 0. The first-order valence-corrected chi connectivity index (χ1v) is 6.40. The lowest BCUT2D eigenvalue weighted by Gasteiger charge is -2.22. The maximum absolute atomic E-state index is 13.5. The summed E-state index contributed by atoms with van der Waals surface area (Å²) in [4.78, 5) is 11.8. The van der Waals surface area contributed by atoms with Crippen LogP contribution in [0.25, 0.3) is 0 Å². The van der Waals surface area contributed by atoms with E-state index in [1.807, 2.05) is 0 Å². The van der Waals surface area contributed by atoms with Crippen LogP contribution >= 0.6 is 11.6 Å². The Bertz CT molecular complexity index is 458. The van der Waals surface area contributed by atoms with Gasteiger partial charge in [0.15, 0.2) is 0 Å². The molecule has 3 nitrogen and oxygen atoms in total. The van der Waals surface area contributed by atoms with Gasteiger partial charge in [0.25, 0.3) is 0 Å². The normalized spacial score (nSPS) is 17.7. The van der Waals surface area contributed by atoms with Crippen LogP contribution in [0.15, 0.2) is 18.2 Å². The van der Waals surface area contributed by atoms with Gasteiger partial charge < -0.3 is 11.1 Å².